The molecular weight excluding hydrogens is 296 g/mol. The van der Waals surface area contributed by atoms with E-state index in [1.54, 1.807) is 0 Å². The maximum absolute atomic E-state index is 10.4. The normalized spacial score (nSPS) is 10.2. The van der Waals surface area contributed by atoms with Gasteiger partial charge in [0.25, 0.3) is 0 Å². The van der Waals surface area contributed by atoms with Crippen molar-refractivity contribution in [3.8, 4) is 0 Å². The van der Waals surface area contributed by atoms with Gasteiger partial charge in [0.15, 0.2) is 0 Å². The summed E-state index contributed by atoms with van der Waals surface area (Å²) in [6.45, 7) is 0. The van der Waals surface area contributed by atoms with E-state index in [1.165, 1.54) is 12.1 Å². The van der Waals surface area contributed by atoms with Gasteiger partial charge in [-0.05, 0) is 6.07 Å². The number of hydrogen-bond donors (Lipinski definition) is 2. The van der Waals surface area contributed by atoms with Crippen LogP contribution in [0, 0.1) is 20.2 Å². The molecule has 1 rings (SSSR count). The third-order valence-electron chi connectivity index (χ3n) is 1.34. The second-order valence-corrected chi connectivity index (χ2v) is 3.87. The molecule has 1 aromatic carbocycles. The molecule has 0 saturated heterocycles. The Bertz CT molecular complexity index is 563. The lowest BCUT2D eigenvalue weighted by Gasteiger charge is -1.95. The van der Waals surface area contributed by atoms with Crippen LogP contribution in [-0.4, -0.2) is 27.4 Å². The van der Waals surface area contributed by atoms with Crippen LogP contribution in [0.5, 0.6) is 0 Å². The summed E-state index contributed by atoms with van der Waals surface area (Å²) in [6, 6.07) is 3.55. The molecule has 0 atom stereocenters. The highest BCUT2D eigenvalue weighted by molar-refractivity contribution is 7.79. The molecule has 0 spiro atoms. The molecule has 0 unspecified atom stereocenters. The molecule has 2 N–H and O–H groups in total. The Kier molecular flexibility index (Phi) is 5.58. The van der Waals surface area contributed by atoms with E-state index in [0.29, 0.717) is 0 Å². The van der Waals surface area contributed by atoms with Gasteiger partial charge in [0.2, 0.25) is 0 Å². The molecule has 0 saturated carbocycles. The predicted octanol–water partition coefficient (Wildman–Crippen LogP) is 1.50. The fourth-order valence-corrected chi connectivity index (χ4v) is 1.07. The molecule has 0 amide bonds. The first-order chi connectivity index (χ1) is 8.04. The third-order valence-corrected chi connectivity index (χ3v) is 1.65. The molecule has 0 fully saturated rings. The molecule has 18 heavy (non-hydrogen) atoms. The lowest BCUT2D eigenvalue weighted by atomic mass is 10.3. The van der Waals surface area contributed by atoms with Crippen LogP contribution in [0.4, 0.5) is 11.4 Å². The highest BCUT2D eigenvalue weighted by atomic mass is 35.5. The Balaban J connectivity index is 0.000000494. The molecule has 0 aromatic heterocycles. The van der Waals surface area contributed by atoms with Crippen molar-refractivity contribution in [2.75, 3.05) is 0 Å². The van der Waals surface area contributed by atoms with Crippen molar-refractivity contribution in [3.63, 3.8) is 0 Å². The first kappa shape index (κ1) is 16.2. The summed E-state index contributed by atoms with van der Waals surface area (Å²) in [4.78, 5) is 19.0. The average molecular weight is 301 g/mol. The van der Waals surface area contributed by atoms with E-state index in [1.807, 2.05) is 0 Å². The summed E-state index contributed by atoms with van der Waals surface area (Å²) >= 11 is 5.42. The summed E-state index contributed by atoms with van der Waals surface area (Å²) < 4.78 is 31.6. The first-order valence-corrected chi connectivity index (χ1v) is 5.58. The van der Waals surface area contributed by atoms with Crippen molar-refractivity contribution < 1.29 is 27.4 Å². The zero-order chi connectivity index (χ0) is 14.5. The topological polar surface area (TPSA) is 161 Å². The predicted molar refractivity (Wildman–Crippen MR) is 58.9 cm³/mol. The Labute approximate surface area is 105 Å². The zero-order valence-corrected chi connectivity index (χ0v) is 9.83. The number of para-hydroxylation sites is 1. The highest BCUT2D eigenvalue weighted by Gasteiger charge is 2.26. The van der Waals surface area contributed by atoms with Gasteiger partial charge in [0, 0.05) is 6.07 Å². The summed E-state index contributed by atoms with van der Waals surface area (Å²) in [6.07, 6.45) is 0. The van der Waals surface area contributed by atoms with Crippen molar-refractivity contribution >= 4 is 33.4 Å². The fraction of sp³-hybridized carbons (Fsp3) is 0. The molecule has 0 heterocycles. The molecule has 0 radical (unpaired) electrons. The van der Waals surface area contributed by atoms with Gasteiger partial charge in [-0.25, -0.2) is 0 Å². The minimum atomic E-state index is -4.67. The van der Waals surface area contributed by atoms with E-state index in [2.05, 4.69) is 0 Å². The fourth-order valence-electron chi connectivity index (χ4n) is 0.832. The molecule has 12 heteroatoms. The van der Waals surface area contributed by atoms with E-state index in [0.717, 1.165) is 6.07 Å². The van der Waals surface area contributed by atoms with Gasteiger partial charge in [-0.2, -0.15) is 8.42 Å². The number of nitrogens with zero attached hydrogens (tertiary/aromatic N) is 2. The molecular formula is C6H5ClN2O8S. The van der Waals surface area contributed by atoms with Crippen LogP contribution in [0.15, 0.2) is 18.2 Å². The van der Waals surface area contributed by atoms with Crippen molar-refractivity contribution in [1.82, 2.24) is 0 Å². The second-order valence-electron chi connectivity index (χ2n) is 2.57. The van der Waals surface area contributed by atoms with Gasteiger partial charge in [-0.3, -0.25) is 29.3 Å². The molecule has 1 aromatic rings. The van der Waals surface area contributed by atoms with Gasteiger partial charge >= 0.3 is 21.8 Å². The van der Waals surface area contributed by atoms with Crippen LogP contribution < -0.4 is 0 Å². The lowest BCUT2D eigenvalue weighted by molar-refractivity contribution is -0.422. The van der Waals surface area contributed by atoms with E-state index in [9.17, 15) is 20.2 Å². The monoisotopic (exact) mass is 300 g/mol. The van der Waals surface area contributed by atoms with Crippen LogP contribution >= 0.6 is 11.6 Å². The quantitative estimate of drug-likeness (QED) is 0.471. The van der Waals surface area contributed by atoms with Crippen LogP contribution in [0.1, 0.15) is 0 Å². The number of benzene rings is 1. The van der Waals surface area contributed by atoms with Gasteiger partial charge < -0.3 is 0 Å². The van der Waals surface area contributed by atoms with Crippen LogP contribution in [-0.2, 0) is 10.4 Å². The molecule has 0 aliphatic carbocycles. The number of nitro benzene ring substituents is 2. The molecule has 0 aliphatic heterocycles. The number of halogens is 1. The van der Waals surface area contributed by atoms with Crippen LogP contribution in [0.2, 0.25) is 5.02 Å². The molecule has 10 nitrogen and oxygen atoms in total. The third kappa shape index (κ3) is 6.05. The molecule has 0 aliphatic rings. The van der Waals surface area contributed by atoms with E-state index in [4.69, 9.17) is 29.1 Å². The van der Waals surface area contributed by atoms with Gasteiger partial charge in [-0.15, -0.1) is 0 Å². The van der Waals surface area contributed by atoms with Gasteiger partial charge in [0.05, 0.1) is 9.85 Å². The summed E-state index contributed by atoms with van der Waals surface area (Å²) in [5.41, 5.74) is -1.27. The number of hydrogen-bond acceptors (Lipinski definition) is 6. The Morgan fingerprint density at radius 3 is 1.83 bits per heavy atom. The molecule has 0 bridgehead atoms. The van der Waals surface area contributed by atoms with Gasteiger partial charge in [0.1, 0.15) is 5.02 Å². The van der Waals surface area contributed by atoms with Crippen molar-refractivity contribution in [2.45, 2.75) is 0 Å². The largest absolute Gasteiger partial charge is 0.394 e. The Morgan fingerprint density at radius 1 is 1.11 bits per heavy atom. The van der Waals surface area contributed by atoms with E-state index >= 15 is 0 Å². The summed E-state index contributed by atoms with van der Waals surface area (Å²) in [5, 5.41) is 20.4. The van der Waals surface area contributed by atoms with Crippen LogP contribution in [0.25, 0.3) is 0 Å². The van der Waals surface area contributed by atoms with Gasteiger partial charge in [-0.1, -0.05) is 17.7 Å². The minimum absolute atomic E-state index is 0.237. The second kappa shape index (κ2) is 6.20. The Morgan fingerprint density at radius 2 is 1.56 bits per heavy atom. The SMILES string of the molecule is O=S(=O)(O)O.O=[N+]([O-])c1cccc(Cl)c1[N+](=O)[O-]. The maximum Gasteiger partial charge on any atom is 0.394 e. The summed E-state index contributed by atoms with van der Waals surface area (Å²) in [7, 11) is -4.67. The number of rotatable bonds is 2. The van der Waals surface area contributed by atoms with Crippen molar-refractivity contribution in [2.24, 2.45) is 0 Å². The van der Waals surface area contributed by atoms with E-state index in [-0.39, 0.29) is 5.02 Å². The smallest absolute Gasteiger partial charge is 0.264 e. The lowest BCUT2D eigenvalue weighted by Crippen LogP contribution is -1.96. The average Bonchev–Trinajstić information content (AvgIpc) is 2.13. The Hall–Kier alpha value is -1.82. The van der Waals surface area contributed by atoms with E-state index < -0.39 is 31.6 Å². The van der Waals surface area contributed by atoms with Crippen molar-refractivity contribution in [1.29, 1.82) is 0 Å². The van der Waals surface area contributed by atoms with Crippen LogP contribution in [0.3, 0.4) is 0 Å². The van der Waals surface area contributed by atoms with Crippen molar-refractivity contribution in [3.05, 3.63) is 43.5 Å². The highest BCUT2D eigenvalue weighted by Crippen LogP contribution is 2.33. The maximum atomic E-state index is 10.4. The number of nitro groups is 2. The first-order valence-electron chi connectivity index (χ1n) is 3.81. The molecule has 100 valence electrons. The zero-order valence-electron chi connectivity index (χ0n) is 8.26. The minimum Gasteiger partial charge on any atom is -0.264 e. The summed E-state index contributed by atoms with van der Waals surface area (Å²) in [5.74, 6) is 0. The standard InChI is InChI=1S/C6H3ClN2O4.H2O4S/c7-4-2-1-3-5(8(10)11)6(4)9(12)13;1-5(2,3)4/h1-3H;(H2,1,2,3,4).